The highest BCUT2D eigenvalue weighted by atomic mass is 35.5. The van der Waals surface area contributed by atoms with E-state index in [2.05, 4.69) is 5.32 Å². The zero-order valence-electron chi connectivity index (χ0n) is 12.7. The number of nitrogens with one attached hydrogen (secondary N) is 1. The molecule has 1 aliphatic carbocycles. The predicted molar refractivity (Wildman–Crippen MR) is 85.3 cm³/mol. The Morgan fingerprint density at radius 3 is 2.57 bits per heavy atom. The lowest BCUT2D eigenvalue weighted by Crippen LogP contribution is -2.30. The second-order valence-corrected chi connectivity index (χ2v) is 5.23. The van der Waals surface area contributed by atoms with E-state index in [-0.39, 0.29) is 18.4 Å². The van der Waals surface area contributed by atoms with Gasteiger partial charge in [-0.15, -0.1) is 12.4 Å². The van der Waals surface area contributed by atoms with Crippen molar-refractivity contribution in [2.75, 3.05) is 14.2 Å². The largest absolute Gasteiger partial charge is 0.496 e. The van der Waals surface area contributed by atoms with Crippen LogP contribution >= 0.6 is 12.4 Å². The number of carbonyl (C=O) groups is 1. The minimum Gasteiger partial charge on any atom is -0.496 e. The smallest absolute Gasteiger partial charge is 0.337 e. The Hall–Kier alpha value is -1.26. The monoisotopic (exact) mass is 313 g/mol. The predicted octanol–water partition coefficient (Wildman–Crippen LogP) is 3.33. The van der Waals surface area contributed by atoms with Crippen molar-refractivity contribution in [1.29, 1.82) is 0 Å². The fourth-order valence-electron chi connectivity index (χ4n) is 2.72. The van der Waals surface area contributed by atoms with Crippen LogP contribution in [0.2, 0.25) is 0 Å². The Morgan fingerprint density at radius 1 is 1.24 bits per heavy atom. The van der Waals surface area contributed by atoms with Crippen molar-refractivity contribution in [1.82, 2.24) is 5.32 Å². The van der Waals surface area contributed by atoms with E-state index in [9.17, 15) is 4.79 Å². The lowest BCUT2D eigenvalue weighted by molar-refractivity contribution is 0.0600. The van der Waals surface area contributed by atoms with Gasteiger partial charge in [-0.05, 0) is 31.0 Å². The van der Waals surface area contributed by atoms with Gasteiger partial charge in [-0.3, -0.25) is 0 Å². The summed E-state index contributed by atoms with van der Waals surface area (Å²) in [5.74, 6) is 0.493. The topological polar surface area (TPSA) is 47.6 Å². The third kappa shape index (κ3) is 4.90. The zero-order chi connectivity index (χ0) is 14.4. The Labute approximate surface area is 132 Å². The molecule has 1 saturated carbocycles. The fourth-order valence-corrected chi connectivity index (χ4v) is 2.72. The second kappa shape index (κ2) is 8.90. The summed E-state index contributed by atoms with van der Waals surface area (Å²) < 4.78 is 10.1. The molecule has 1 aliphatic rings. The fraction of sp³-hybridized carbons (Fsp3) is 0.562. The van der Waals surface area contributed by atoms with Gasteiger partial charge in [0.1, 0.15) is 5.75 Å². The van der Waals surface area contributed by atoms with Crippen molar-refractivity contribution in [3.63, 3.8) is 0 Å². The number of hydrogen-bond acceptors (Lipinski definition) is 4. The zero-order valence-corrected chi connectivity index (χ0v) is 13.5. The number of ether oxygens (including phenoxy) is 2. The van der Waals surface area contributed by atoms with E-state index in [0.29, 0.717) is 11.6 Å². The molecule has 0 spiro atoms. The van der Waals surface area contributed by atoms with Gasteiger partial charge < -0.3 is 14.8 Å². The molecular formula is C16H24ClNO3. The highest BCUT2D eigenvalue weighted by Crippen LogP contribution is 2.22. The first kappa shape index (κ1) is 17.8. The van der Waals surface area contributed by atoms with Gasteiger partial charge in [0.15, 0.2) is 0 Å². The summed E-state index contributed by atoms with van der Waals surface area (Å²) in [7, 11) is 3.05. The molecule has 21 heavy (non-hydrogen) atoms. The molecule has 4 nitrogen and oxygen atoms in total. The molecule has 0 amide bonds. The molecule has 5 heteroatoms. The molecule has 0 unspecified atom stereocenters. The van der Waals surface area contributed by atoms with Crippen LogP contribution in [0.1, 0.15) is 48.0 Å². The first-order valence-electron chi connectivity index (χ1n) is 7.23. The van der Waals surface area contributed by atoms with Crippen LogP contribution in [-0.4, -0.2) is 26.2 Å². The molecule has 0 aromatic heterocycles. The third-order valence-electron chi connectivity index (χ3n) is 3.89. The summed E-state index contributed by atoms with van der Waals surface area (Å²) in [5.41, 5.74) is 1.56. The average molecular weight is 314 g/mol. The van der Waals surface area contributed by atoms with Crippen molar-refractivity contribution in [2.24, 2.45) is 0 Å². The van der Waals surface area contributed by atoms with Crippen molar-refractivity contribution in [3.05, 3.63) is 29.3 Å². The standard InChI is InChI=1S/C16H23NO3.ClH/c1-19-15-9-8-12(16(18)20-2)10-13(15)11-17-14-6-4-3-5-7-14;/h8-10,14,17H,3-7,11H2,1-2H3;1H. The van der Waals surface area contributed by atoms with E-state index in [1.165, 1.54) is 39.2 Å². The van der Waals surface area contributed by atoms with E-state index in [0.717, 1.165) is 17.9 Å². The lowest BCUT2D eigenvalue weighted by atomic mass is 9.95. The van der Waals surface area contributed by atoms with E-state index >= 15 is 0 Å². The number of hydrogen-bond donors (Lipinski definition) is 1. The molecule has 0 bridgehead atoms. The van der Waals surface area contributed by atoms with Crippen molar-refractivity contribution < 1.29 is 14.3 Å². The Morgan fingerprint density at radius 2 is 1.95 bits per heavy atom. The maximum Gasteiger partial charge on any atom is 0.337 e. The van der Waals surface area contributed by atoms with Gasteiger partial charge >= 0.3 is 5.97 Å². The number of carbonyl (C=O) groups excluding carboxylic acids is 1. The van der Waals surface area contributed by atoms with Crippen molar-refractivity contribution in [3.8, 4) is 5.75 Å². The van der Waals surface area contributed by atoms with Crippen LogP contribution in [0.5, 0.6) is 5.75 Å². The normalized spacial score (nSPS) is 15.1. The summed E-state index contributed by atoms with van der Waals surface area (Å²) in [6.45, 7) is 0.721. The molecule has 1 aromatic carbocycles. The van der Waals surface area contributed by atoms with Crippen LogP contribution in [0.3, 0.4) is 0 Å². The Balaban J connectivity index is 0.00000220. The van der Waals surface area contributed by atoms with Gasteiger partial charge in [0.2, 0.25) is 0 Å². The molecule has 1 aromatic rings. The van der Waals surface area contributed by atoms with E-state index in [4.69, 9.17) is 9.47 Å². The van der Waals surface area contributed by atoms with E-state index in [1.54, 1.807) is 13.2 Å². The summed E-state index contributed by atoms with van der Waals surface area (Å²) in [6.07, 6.45) is 6.42. The maximum absolute atomic E-state index is 11.6. The minimum absolute atomic E-state index is 0. The highest BCUT2D eigenvalue weighted by Gasteiger charge is 2.15. The molecule has 0 saturated heterocycles. The van der Waals surface area contributed by atoms with Crippen LogP contribution in [0, 0.1) is 0 Å². The first-order chi connectivity index (χ1) is 9.74. The van der Waals surface area contributed by atoms with Gasteiger partial charge in [0, 0.05) is 18.2 Å². The van der Waals surface area contributed by atoms with Gasteiger partial charge in [-0.2, -0.15) is 0 Å². The lowest BCUT2D eigenvalue weighted by Gasteiger charge is -2.23. The molecule has 1 N–H and O–H groups in total. The molecule has 2 rings (SSSR count). The number of methoxy groups -OCH3 is 2. The van der Waals surface area contributed by atoms with Gasteiger partial charge in [0.05, 0.1) is 19.8 Å². The van der Waals surface area contributed by atoms with E-state index < -0.39 is 0 Å². The maximum atomic E-state index is 11.6. The van der Waals surface area contributed by atoms with Crippen molar-refractivity contribution in [2.45, 2.75) is 44.7 Å². The Bertz CT molecular complexity index is 459. The SMILES string of the molecule is COC(=O)c1ccc(OC)c(CNC2CCCCC2)c1.Cl. The Kier molecular flexibility index (Phi) is 7.54. The summed E-state index contributed by atoms with van der Waals surface area (Å²) in [6, 6.07) is 5.98. The van der Waals surface area contributed by atoms with Gasteiger partial charge in [-0.25, -0.2) is 4.79 Å². The third-order valence-corrected chi connectivity index (χ3v) is 3.89. The van der Waals surface area contributed by atoms with Crippen molar-refractivity contribution >= 4 is 18.4 Å². The summed E-state index contributed by atoms with van der Waals surface area (Å²) >= 11 is 0. The molecule has 0 radical (unpaired) electrons. The molecule has 0 atom stereocenters. The highest BCUT2D eigenvalue weighted by molar-refractivity contribution is 5.89. The minimum atomic E-state index is -0.313. The summed E-state index contributed by atoms with van der Waals surface area (Å²) in [4.78, 5) is 11.6. The van der Waals surface area contributed by atoms with Gasteiger partial charge in [-0.1, -0.05) is 19.3 Å². The molecule has 118 valence electrons. The van der Waals surface area contributed by atoms with E-state index in [1.807, 2.05) is 12.1 Å². The average Bonchev–Trinajstić information content (AvgIpc) is 2.52. The molecule has 0 aliphatic heterocycles. The van der Waals surface area contributed by atoms with Crippen LogP contribution in [0.25, 0.3) is 0 Å². The second-order valence-electron chi connectivity index (χ2n) is 5.23. The quantitative estimate of drug-likeness (QED) is 0.847. The molecule has 0 heterocycles. The number of rotatable bonds is 5. The summed E-state index contributed by atoms with van der Waals surface area (Å²) in [5, 5.41) is 3.56. The van der Waals surface area contributed by atoms with Crippen LogP contribution in [-0.2, 0) is 11.3 Å². The number of esters is 1. The van der Waals surface area contributed by atoms with Crippen LogP contribution in [0.15, 0.2) is 18.2 Å². The van der Waals surface area contributed by atoms with Crippen LogP contribution in [0.4, 0.5) is 0 Å². The molecular weight excluding hydrogens is 290 g/mol. The number of benzene rings is 1. The van der Waals surface area contributed by atoms with Crippen LogP contribution < -0.4 is 10.1 Å². The van der Waals surface area contributed by atoms with Gasteiger partial charge in [0.25, 0.3) is 0 Å². The number of halogens is 1. The molecule has 1 fully saturated rings. The first-order valence-corrected chi connectivity index (χ1v) is 7.23.